The Morgan fingerprint density at radius 2 is 1.88 bits per heavy atom. The average Bonchev–Trinajstić information content (AvgIpc) is 2.97. The number of piperidine rings is 1. The second-order valence-electron chi connectivity index (χ2n) is 11.3. The highest BCUT2D eigenvalue weighted by molar-refractivity contribution is 6.07. The molecule has 2 unspecified atom stereocenters. The molecule has 2 heterocycles. The van der Waals surface area contributed by atoms with Gasteiger partial charge in [0.2, 0.25) is 5.91 Å². The highest BCUT2D eigenvalue weighted by Gasteiger charge is 2.56. The van der Waals surface area contributed by atoms with Crippen LogP contribution in [0.5, 0.6) is 0 Å². The molecule has 2 aliphatic heterocycles. The van der Waals surface area contributed by atoms with E-state index in [1.165, 1.54) is 11.0 Å². The monoisotopic (exact) mass is 472 g/mol. The first kappa shape index (κ1) is 24.6. The minimum atomic E-state index is -0.783. The van der Waals surface area contributed by atoms with Gasteiger partial charge in [0.15, 0.2) is 0 Å². The lowest BCUT2D eigenvalue weighted by Gasteiger charge is -2.44. The summed E-state index contributed by atoms with van der Waals surface area (Å²) in [5.74, 6) is -0.0982. The molecule has 2 saturated heterocycles. The Balaban J connectivity index is 1.25. The Hall–Kier alpha value is -2.48. The second-order valence-corrected chi connectivity index (χ2v) is 11.3. The number of nitrogens with one attached hydrogen (secondary N) is 2. The fourth-order valence-electron chi connectivity index (χ4n) is 6.34. The summed E-state index contributed by atoms with van der Waals surface area (Å²) in [5.41, 5.74) is -0.178. The molecule has 0 radical (unpaired) electrons. The Morgan fingerprint density at radius 1 is 1.18 bits per heavy atom. The molecule has 3 fully saturated rings. The van der Waals surface area contributed by atoms with Crippen molar-refractivity contribution < 1.29 is 18.8 Å². The average molecular weight is 473 g/mol. The molecule has 2 atom stereocenters. The third kappa shape index (κ3) is 5.27. The zero-order valence-corrected chi connectivity index (χ0v) is 20.5. The van der Waals surface area contributed by atoms with Gasteiger partial charge in [-0.05, 0) is 61.5 Å². The fourth-order valence-corrected chi connectivity index (χ4v) is 6.34. The van der Waals surface area contributed by atoms with Crippen molar-refractivity contribution in [3.05, 3.63) is 35.6 Å². The van der Waals surface area contributed by atoms with E-state index in [4.69, 9.17) is 0 Å². The maximum atomic E-state index is 13.7. The van der Waals surface area contributed by atoms with E-state index in [0.29, 0.717) is 63.2 Å². The van der Waals surface area contributed by atoms with Crippen LogP contribution in [0.3, 0.4) is 0 Å². The third-order valence-corrected chi connectivity index (χ3v) is 7.58. The molecule has 1 aromatic carbocycles. The van der Waals surface area contributed by atoms with Crippen molar-refractivity contribution >= 4 is 17.8 Å². The van der Waals surface area contributed by atoms with Crippen LogP contribution in [0, 0.1) is 23.1 Å². The van der Waals surface area contributed by atoms with Crippen LogP contribution in [-0.2, 0) is 16.0 Å². The lowest BCUT2D eigenvalue weighted by Crippen LogP contribution is -2.54. The van der Waals surface area contributed by atoms with E-state index in [9.17, 15) is 18.8 Å². The Kier molecular flexibility index (Phi) is 6.99. The van der Waals surface area contributed by atoms with Crippen molar-refractivity contribution in [2.45, 2.75) is 64.8 Å². The van der Waals surface area contributed by atoms with E-state index in [-0.39, 0.29) is 41.7 Å². The van der Waals surface area contributed by atoms with Crippen LogP contribution in [0.2, 0.25) is 0 Å². The molecule has 0 aromatic heterocycles. The molecule has 1 spiro atoms. The van der Waals surface area contributed by atoms with Gasteiger partial charge in [-0.2, -0.15) is 0 Å². The van der Waals surface area contributed by atoms with Crippen molar-refractivity contribution in [1.29, 1.82) is 0 Å². The predicted octanol–water partition coefficient (Wildman–Crippen LogP) is 3.29. The number of hydrogen-bond acceptors (Lipinski definition) is 4. The summed E-state index contributed by atoms with van der Waals surface area (Å²) >= 11 is 0. The first-order valence-electron chi connectivity index (χ1n) is 12.5. The van der Waals surface area contributed by atoms with E-state index in [1.54, 1.807) is 18.2 Å². The zero-order chi connectivity index (χ0) is 24.5. The minimum absolute atomic E-state index is 0.00854. The molecule has 1 saturated carbocycles. The van der Waals surface area contributed by atoms with E-state index >= 15 is 0 Å². The number of urea groups is 1. The number of carbonyl (C=O) groups is 3. The number of carbonyl (C=O) groups excluding carboxylic acids is 3. The van der Waals surface area contributed by atoms with Gasteiger partial charge in [-0.3, -0.25) is 14.5 Å². The standard InChI is InChI=1S/C26H37FN4O3/c1-18-14-25(2,3)16-26(15-18)23(33)31(24(34)29-26)17-30-12-9-20(10-13-30)22(32)28-11-8-19-6-4-5-7-21(19)27/h4-7,18,20H,8-17H2,1-3H3,(H,28,32)(H,29,34). The van der Waals surface area contributed by atoms with Crippen LogP contribution in [0.25, 0.3) is 0 Å². The first-order chi connectivity index (χ1) is 16.1. The number of halogens is 1. The molecule has 4 rings (SSSR count). The maximum absolute atomic E-state index is 13.7. The molecular formula is C26H37FN4O3. The number of benzene rings is 1. The topological polar surface area (TPSA) is 81.8 Å². The Bertz CT molecular complexity index is 944. The summed E-state index contributed by atoms with van der Waals surface area (Å²) in [6, 6.07) is 6.30. The van der Waals surface area contributed by atoms with Crippen molar-refractivity contribution in [1.82, 2.24) is 20.4 Å². The largest absolute Gasteiger partial charge is 0.356 e. The molecule has 1 aliphatic carbocycles. The van der Waals surface area contributed by atoms with Crippen LogP contribution in [-0.4, -0.2) is 59.5 Å². The quantitative estimate of drug-likeness (QED) is 0.623. The van der Waals surface area contributed by atoms with Gasteiger partial charge in [-0.15, -0.1) is 0 Å². The summed E-state index contributed by atoms with van der Waals surface area (Å²) in [7, 11) is 0. The number of nitrogens with zero attached hydrogens (tertiary/aromatic N) is 2. The van der Waals surface area contributed by atoms with Gasteiger partial charge in [0.25, 0.3) is 5.91 Å². The Labute approximate surface area is 201 Å². The van der Waals surface area contributed by atoms with Crippen molar-refractivity contribution in [2.75, 3.05) is 26.3 Å². The molecular weight excluding hydrogens is 435 g/mol. The van der Waals surface area contributed by atoms with Crippen LogP contribution in [0.1, 0.15) is 58.4 Å². The van der Waals surface area contributed by atoms with Crippen molar-refractivity contribution in [3.63, 3.8) is 0 Å². The van der Waals surface area contributed by atoms with Crippen LogP contribution in [0.4, 0.5) is 9.18 Å². The molecule has 186 valence electrons. The van der Waals surface area contributed by atoms with Gasteiger partial charge in [0, 0.05) is 25.6 Å². The van der Waals surface area contributed by atoms with E-state index in [2.05, 4.69) is 36.3 Å². The number of amides is 4. The van der Waals surface area contributed by atoms with Gasteiger partial charge in [0.1, 0.15) is 11.4 Å². The zero-order valence-electron chi connectivity index (χ0n) is 20.5. The van der Waals surface area contributed by atoms with Gasteiger partial charge < -0.3 is 10.6 Å². The number of hydrogen-bond donors (Lipinski definition) is 2. The second kappa shape index (κ2) is 9.64. The predicted molar refractivity (Wildman–Crippen MR) is 127 cm³/mol. The molecule has 2 N–H and O–H groups in total. The summed E-state index contributed by atoms with van der Waals surface area (Å²) in [6.07, 6.45) is 4.20. The van der Waals surface area contributed by atoms with Gasteiger partial charge in [-0.25, -0.2) is 14.1 Å². The molecule has 8 heteroatoms. The molecule has 34 heavy (non-hydrogen) atoms. The SMILES string of the molecule is CC1CC(C)(C)CC2(C1)NC(=O)N(CN1CCC(C(=O)NCCc3ccccc3F)CC1)C2=O. The Morgan fingerprint density at radius 3 is 2.56 bits per heavy atom. The lowest BCUT2D eigenvalue weighted by atomic mass is 9.64. The number of imide groups is 1. The first-order valence-corrected chi connectivity index (χ1v) is 12.5. The lowest BCUT2D eigenvalue weighted by molar-refractivity contribution is -0.137. The summed E-state index contributed by atoms with van der Waals surface area (Å²) < 4.78 is 13.7. The minimum Gasteiger partial charge on any atom is -0.356 e. The van der Waals surface area contributed by atoms with Gasteiger partial charge in [0.05, 0.1) is 6.67 Å². The van der Waals surface area contributed by atoms with E-state index < -0.39 is 5.54 Å². The molecule has 7 nitrogen and oxygen atoms in total. The van der Waals surface area contributed by atoms with Crippen LogP contribution >= 0.6 is 0 Å². The number of rotatable bonds is 6. The summed E-state index contributed by atoms with van der Waals surface area (Å²) in [6.45, 7) is 8.45. The van der Waals surface area contributed by atoms with Crippen LogP contribution in [0.15, 0.2) is 24.3 Å². The number of likely N-dealkylation sites (tertiary alicyclic amines) is 1. The van der Waals surface area contributed by atoms with Crippen molar-refractivity contribution in [2.24, 2.45) is 17.3 Å². The molecule has 4 amide bonds. The highest BCUT2D eigenvalue weighted by Crippen LogP contribution is 2.46. The smallest absolute Gasteiger partial charge is 0.326 e. The van der Waals surface area contributed by atoms with Crippen molar-refractivity contribution in [3.8, 4) is 0 Å². The summed E-state index contributed by atoms with van der Waals surface area (Å²) in [5, 5.41) is 5.96. The van der Waals surface area contributed by atoms with Gasteiger partial charge >= 0.3 is 6.03 Å². The maximum Gasteiger partial charge on any atom is 0.326 e. The molecule has 3 aliphatic rings. The van der Waals surface area contributed by atoms with Crippen LogP contribution < -0.4 is 10.6 Å². The van der Waals surface area contributed by atoms with E-state index in [1.807, 2.05) is 0 Å². The van der Waals surface area contributed by atoms with E-state index in [0.717, 1.165) is 6.42 Å². The third-order valence-electron chi connectivity index (χ3n) is 7.58. The van der Waals surface area contributed by atoms with Gasteiger partial charge in [-0.1, -0.05) is 39.0 Å². The molecule has 1 aromatic rings. The normalized spacial score (nSPS) is 27.8. The molecule has 0 bridgehead atoms. The summed E-state index contributed by atoms with van der Waals surface area (Å²) in [4.78, 5) is 42.1. The highest BCUT2D eigenvalue weighted by atomic mass is 19.1. The fraction of sp³-hybridized carbons (Fsp3) is 0.654.